The second-order valence-electron chi connectivity index (χ2n) is 8.01. The molecule has 0 aliphatic carbocycles. The Morgan fingerprint density at radius 2 is 1.62 bits per heavy atom. The summed E-state index contributed by atoms with van der Waals surface area (Å²) in [5.41, 5.74) is 2.41. The smallest absolute Gasteiger partial charge is 0.143 e. The largest absolute Gasteiger partial charge is 0.494 e. The Morgan fingerprint density at radius 1 is 0.897 bits per heavy atom. The molecule has 29 heavy (non-hydrogen) atoms. The lowest BCUT2D eigenvalue weighted by Crippen LogP contribution is -2.49. The molecule has 148 valence electrons. The quantitative estimate of drug-likeness (QED) is 0.542. The molecule has 0 amide bonds. The maximum Gasteiger partial charge on any atom is 0.143 e. The van der Waals surface area contributed by atoms with E-state index in [0.29, 0.717) is 5.92 Å². The van der Waals surface area contributed by atoms with E-state index in [2.05, 4.69) is 59.5 Å². The zero-order chi connectivity index (χ0) is 19.5. The van der Waals surface area contributed by atoms with Gasteiger partial charge in [-0.05, 0) is 30.2 Å². The molecule has 0 unspecified atom stereocenters. The summed E-state index contributed by atoms with van der Waals surface area (Å²) in [4.78, 5) is 2.58. The molecule has 0 radical (unpaired) electrons. The first-order chi connectivity index (χ1) is 14.4. The molecule has 2 atom stereocenters. The van der Waals surface area contributed by atoms with Crippen molar-refractivity contribution in [1.82, 2.24) is 4.90 Å². The average Bonchev–Trinajstić information content (AvgIpc) is 3.13. The Kier molecular flexibility index (Phi) is 4.99. The van der Waals surface area contributed by atoms with Crippen LogP contribution in [0.1, 0.15) is 29.9 Å². The van der Waals surface area contributed by atoms with Gasteiger partial charge in [-0.15, -0.1) is 0 Å². The minimum absolute atomic E-state index is 0.234. The van der Waals surface area contributed by atoms with Crippen LogP contribution in [0.2, 0.25) is 0 Å². The Morgan fingerprint density at radius 3 is 2.45 bits per heavy atom. The summed E-state index contributed by atoms with van der Waals surface area (Å²) in [5, 5.41) is 0. The predicted octanol–water partition coefficient (Wildman–Crippen LogP) is 5.23. The van der Waals surface area contributed by atoms with Crippen LogP contribution in [0.15, 0.2) is 84.9 Å². The maximum absolute atomic E-state index is 6.66. The third kappa shape index (κ3) is 3.51. The van der Waals surface area contributed by atoms with E-state index in [9.17, 15) is 0 Å². The van der Waals surface area contributed by atoms with Crippen LogP contribution in [0.25, 0.3) is 0 Å². The maximum atomic E-state index is 6.66. The van der Waals surface area contributed by atoms with Crippen LogP contribution in [0.4, 0.5) is 0 Å². The fourth-order valence-electron chi connectivity index (χ4n) is 4.85. The van der Waals surface area contributed by atoms with E-state index in [1.807, 2.05) is 30.3 Å². The van der Waals surface area contributed by atoms with Crippen molar-refractivity contribution < 1.29 is 9.47 Å². The molecule has 3 nitrogen and oxygen atoms in total. The lowest BCUT2D eigenvalue weighted by molar-refractivity contribution is -0.00115. The van der Waals surface area contributed by atoms with Gasteiger partial charge in [0.05, 0.1) is 6.61 Å². The Hall–Kier alpha value is -2.78. The summed E-state index contributed by atoms with van der Waals surface area (Å²) < 4.78 is 12.5. The minimum atomic E-state index is -0.234. The van der Waals surface area contributed by atoms with Gasteiger partial charge in [0.25, 0.3) is 0 Å². The number of fused-ring (bicyclic) bond motifs is 3. The number of rotatable bonds is 6. The molecule has 3 aromatic carbocycles. The van der Waals surface area contributed by atoms with Crippen molar-refractivity contribution in [3.63, 3.8) is 0 Å². The molecule has 0 aromatic heterocycles. The van der Waals surface area contributed by atoms with Crippen LogP contribution in [0.5, 0.6) is 11.5 Å². The summed E-state index contributed by atoms with van der Waals surface area (Å²) in [6.45, 7) is 3.88. The molecule has 2 aliphatic heterocycles. The van der Waals surface area contributed by atoms with E-state index < -0.39 is 0 Å². The number of nitrogens with zero attached hydrogens (tertiary/aromatic N) is 1. The highest BCUT2D eigenvalue weighted by Gasteiger charge is 2.52. The first-order valence-corrected chi connectivity index (χ1v) is 10.6. The summed E-state index contributed by atoms with van der Waals surface area (Å²) in [5.74, 6) is 2.37. The van der Waals surface area contributed by atoms with Gasteiger partial charge in [-0.2, -0.15) is 0 Å². The molecule has 0 bridgehead atoms. The lowest BCUT2D eigenvalue weighted by atomic mass is 9.74. The summed E-state index contributed by atoms with van der Waals surface area (Å²) >= 11 is 0. The Bertz CT molecular complexity index is 943. The van der Waals surface area contributed by atoms with E-state index >= 15 is 0 Å². The van der Waals surface area contributed by atoms with Crippen molar-refractivity contribution >= 4 is 0 Å². The van der Waals surface area contributed by atoms with Gasteiger partial charge in [0.15, 0.2) is 0 Å². The minimum Gasteiger partial charge on any atom is -0.494 e. The molecule has 1 saturated heterocycles. The lowest BCUT2D eigenvalue weighted by Gasteiger charge is -2.43. The summed E-state index contributed by atoms with van der Waals surface area (Å²) in [6.07, 6.45) is 2.04. The molecule has 3 aromatic rings. The highest BCUT2D eigenvalue weighted by molar-refractivity contribution is 5.47. The van der Waals surface area contributed by atoms with Crippen molar-refractivity contribution in [2.75, 3.05) is 26.2 Å². The molecule has 2 heterocycles. The third-order valence-electron chi connectivity index (χ3n) is 6.28. The second-order valence-corrected chi connectivity index (χ2v) is 8.01. The number of para-hydroxylation sites is 2. The van der Waals surface area contributed by atoms with E-state index in [1.165, 1.54) is 11.1 Å². The number of hydrogen-bond acceptors (Lipinski definition) is 3. The van der Waals surface area contributed by atoms with Crippen molar-refractivity contribution in [2.45, 2.75) is 24.4 Å². The molecule has 2 aliphatic rings. The normalized spacial score (nSPS) is 23.1. The fraction of sp³-hybridized carbons (Fsp3) is 0.308. The van der Waals surface area contributed by atoms with Crippen LogP contribution >= 0.6 is 0 Å². The van der Waals surface area contributed by atoms with Gasteiger partial charge < -0.3 is 14.4 Å². The Labute approximate surface area is 172 Å². The zero-order valence-electron chi connectivity index (χ0n) is 16.7. The topological polar surface area (TPSA) is 21.7 Å². The second kappa shape index (κ2) is 7.92. The van der Waals surface area contributed by atoms with Crippen molar-refractivity contribution in [2.24, 2.45) is 0 Å². The van der Waals surface area contributed by atoms with Gasteiger partial charge in [-0.25, -0.2) is 0 Å². The van der Waals surface area contributed by atoms with E-state index in [4.69, 9.17) is 9.47 Å². The molecule has 0 spiro atoms. The van der Waals surface area contributed by atoms with E-state index in [1.54, 1.807) is 0 Å². The molecule has 3 heteroatoms. The van der Waals surface area contributed by atoms with Crippen LogP contribution in [0.3, 0.4) is 0 Å². The van der Waals surface area contributed by atoms with E-state index in [-0.39, 0.29) is 5.60 Å². The molecule has 1 fully saturated rings. The first kappa shape index (κ1) is 18.3. The SMILES string of the molecule is c1ccc(OCCCN2CC[C@]3(c4ccccc4)Oc4ccccc4[C@@H]3C2)cc1. The van der Waals surface area contributed by atoms with Gasteiger partial charge in [-0.3, -0.25) is 0 Å². The number of hydrogen-bond donors (Lipinski definition) is 0. The van der Waals surface area contributed by atoms with Gasteiger partial charge in [0, 0.05) is 37.5 Å². The van der Waals surface area contributed by atoms with Crippen molar-refractivity contribution in [3.05, 3.63) is 96.1 Å². The number of benzene rings is 3. The monoisotopic (exact) mass is 385 g/mol. The molecule has 5 rings (SSSR count). The van der Waals surface area contributed by atoms with Crippen LogP contribution in [-0.4, -0.2) is 31.1 Å². The van der Waals surface area contributed by atoms with Crippen LogP contribution < -0.4 is 9.47 Å². The highest BCUT2D eigenvalue weighted by Crippen LogP contribution is 2.54. The molecule has 0 saturated carbocycles. The van der Waals surface area contributed by atoms with Gasteiger partial charge >= 0.3 is 0 Å². The number of ether oxygens (including phenoxy) is 2. The van der Waals surface area contributed by atoms with Gasteiger partial charge in [0.1, 0.15) is 17.1 Å². The molecular weight excluding hydrogens is 358 g/mol. The molecule has 0 N–H and O–H groups in total. The third-order valence-corrected chi connectivity index (χ3v) is 6.28. The van der Waals surface area contributed by atoms with Crippen molar-refractivity contribution in [3.8, 4) is 11.5 Å². The predicted molar refractivity (Wildman–Crippen MR) is 116 cm³/mol. The van der Waals surface area contributed by atoms with Crippen molar-refractivity contribution in [1.29, 1.82) is 0 Å². The van der Waals surface area contributed by atoms with Crippen LogP contribution in [-0.2, 0) is 5.60 Å². The molecular formula is C26H27NO2. The fourth-order valence-corrected chi connectivity index (χ4v) is 4.85. The van der Waals surface area contributed by atoms with Gasteiger partial charge in [-0.1, -0.05) is 66.7 Å². The number of likely N-dealkylation sites (tertiary alicyclic amines) is 1. The van der Waals surface area contributed by atoms with E-state index in [0.717, 1.165) is 50.6 Å². The summed E-state index contributed by atoms with van der Waals surface area (Å²) in [6, 6.07) is 29.4. The standard InChI is InChI=1S/C26H27NO2/c1-3-10-21(11-4-1)26-16-18-27(17-9-19-28-22-12-5-2-6-13-22)20-24(26)23-14-7-8-15-25(23)29-26/h1-8,10-15,24H,9,16-20H2/t24-,26+/m0/s1. The van der Waals surface area contributed by atoms with Gasteiger partial charge in [0.2, 0.25) is 0 Å². The Balaban J connectivity index is 1.28. The zero-order valence-corrected chi connectivity index (χ0v) is 16.7. The highest BCUT2D eigenvalue weighted by atomic mass is 16.5. The average molecular weight is 386 g/mol. The first-order valence-electron chi connectivity index (χ1n) is 10.6. The number of piperidine rings is 1. The van der Waals surface area contributed by atoms with Crippen LogP contribution in [0, 0.1) is 0 Å². The summed E-state index contributed by atoms with van der Waals surface area (Å²) in [7, 11) is 0.